The lowest BCUT2D eigenvalue weighted by atomic mass is 9.75. The number of rotatable bonds is 7. The minimum absolute atomic E-state index is 0.0175. The van der Waals surface area contributed by atoms with Gasteiger partial charge < -0.3 is 23.7 Å². The highest BCUT2D eigenvalue weighted by Crippen LogP contribution is 2.43. The highest BCUT2D eigenvalue weighted by molar-refractivity contribution is 7.80. The average Bonchev–Trinajstić information content (AvgIpc) is 2.94. The average molecular weight is 555 g/mol. The normalized spacial score (nSPS) is 22.5. The summed E-state index contributed by atoms with van der Waals surface area (Å²) in [7, 11) is 7.82. The Kier molecular flexibility index (Phi) is 7.15. The van der Waals surface area contributed by atoms with Gasteiger partial charge in [0.15, 0.2) is 16.6 Å². The van der Waals surface area contributed by atoms with Crippen molar-refractivity contribution in [2.75, 3.05) is 55.1 Å². The first-order valence-corrected chi connectivity index (χ1v) is 13.4. The molecule has 4 heterocycles. The minimum atomic E-state index is -1.42. The molecule has 11 heteroatoms. The van der Waals surface area contributed by atoms with Crippen molar-refractivity contribution in [3.63, 3.8) is 0 Å². The van der Waals surface area contributed by atoms with Crippen LogP contribution in [0.2, 0.25) is 0 Å². The third kappa shape index (κ3) is 4.47. The van der Waals surface area contributed by atoms with Gasteiger partial charge in [-0.3, -0.25) is 24.2 Å². The van der Waals surface area contributed by atoms with Crippen molar-refractivity contribution in [3.8, 4) is 17.2 Å². The molecule has 0 N–H and O–H groups in total. The van der Waals surface area contributed by atoms with Crippen LogP contribution in [0.25, 0.3) is 0 Å². The summed E-state index contributed by atoms with van der Waals surface area (Å²) in [6.07, 6.45) is 1.10. The molecular weight excluding hydrogens is 520 g/mol. The molecule has 5 rings (SSSR count). The van der Waals surface area contributed by atoms with Crippen molar-refractivity contribution >= 4 is 29.1 Å². The second-order valence-electron chi connectivity index (χ2n) is 10.7. The van der Waals surface area contributed by atoms with Crippen molar-refractivity contribution in [1.29, 1.82) is 0 Å². The Morgan fingerprint density at radius 1 is 0.923 bits per heavy atom. The summed E-state index contributed by atoms with van der Waals surface area (Å²) < 4.78 is 18.4. The van der Waals surface area contributed by atoms with E-state index in [1.807, 2.05) is 10.6 Å². The van der Waals surface area contributed by atoms with Crippen molar-refractivity contribution in [3.05, 3.63) is 51.9 Å². The summed E-state index contributed by atoms with van der Waals surface area (Å²) >= 11 is 5.42. The molecule has 2 aromatic rings. The summed E-state index contributed by atoms with van der Waals surface area (Å²) in [4.78, 5) is 45.6. The Morgan fingerprint density at radius 3 is 2.15 bits per heavy atom. The number of hydrogen-bond donors (Lipinski definition) is 0. The Morgan fingerprint density at radius 2 is 1.56 bits per heavy atom. The Labute approximate surface area is 233 Å². The van der Waals surface area contributed by atoms with Gasteiger partial charge in [-0.05, 0) is 54.7 Å². The number of thiocarbonyl (C=S) groups is 1. The fourth-order valence-corrected chi connectivity index (χ4v) is 6.73. The molecule has 208 valence electrons. The molecule has 2 bridgehead atoms. The van der Waals surface area contributed by atoms with Gasteiger partial charge in [0.05, 0.1) is 21.3 Å². The van der Waals surface area contributed by atoms with Gasteiger partial charge in [-0.1, -0.05) is 6.07 Å². The molecule has 10 nitrogen and oxygen atoms in total. The van der Waals surface area contributed by atoms with Gasteiger partial charge in [0.1, 0.15) is 5.41 Å². The van der Waals surface area contributed by atoms with Crippen LogP contribution >= 0.6 is 12.2 Å². The number of carbonyl (C=O) groups is 2. The molecule has 0 aliphatic carbocycles. The van der Waals surface area contributed by atoms with E-state index in [0.29, 0.717) is 42.4 Å². The van der Waals surface area contributed by atoms with Gasteiger partial charge in [-0.2, -0.15) is 0 Å². The summed E-state index contributed by atoms with van der Waals surface area (Å²) in [5, 5.41) is 0.175. The van der Waals surface area contributed by atoms with E-state index in [4.69, 9.17) is 26.4 Å². The zero-order chi connectivity index (χ0) is 28.1. The van der Waals surface area contributed by atoms with Crippen LogP contribution in [-0.2, 0) is 22.6 Å². The number of pyridine rings is 1. The fraction of sp³-hybridized carbons (Fsp3) is 0.500. The van der Waals surface area contributed by atoms with Gasteiger partial charge in [0.2, 0.25) is 17.6 Å². The van der Waals surface area contributed by atoms with E-state index in [9.17, 15) is 14.4 Å². The maximum absolute atomic E-state index is 14.0. The van der Waals surface area contributed by atoms with Crippen LogP contribution in [0.15, 0.2) is 35.1 Å². The fourth-order valence-electron chi connectivity index (χ4n) is 6.57. The predicted octanol–water partition coefficient (Wildman–Crippen LogP) is 1.74. The molecule has 2 atom stereocenters. The van der Waals surface area contributed by atoms with Crippen LogP contribution in [0, 0.1) is 11.3 Å². The number of piperidine rings is 1. The number of ether oxygens (including phenoxy) is 3. The minimum Gasteiger partial charge on any atom is -0.493 e. The number of likely N-dealkylation sites (tertiary alicyclic amines) is 1. The Bertz CT molecular complexity index is 1340. The lowest BCUT2D eigenvalue weighted by Gasteiger charge is -2.48. The number of amides is 2. The number of hydrogen-bond acceptors (Lipinski definition) is 8. The molecule has 0 spiro atoms. The van der Waals surface area contributed by atoms with Crippen molar-refractivity contribution in [1.82, 2.24) is 19.3 Å². The Hall–Kier alpha value is -3.44. The van der Waals surface area contributed by atoms with E-state index in [0.717, 1.165) is 12.1 Å². The highest BCUT2D eigenvalue weighted by Gasteiger charge is 2.55. The molecule has 3 aliphatic rings. The number of carbonyl (C=O) groups excluding carboxylic acids is 2. The first kappa shape index (κ1) is 27.1. The van der Waals surface area contributed by atoms with Crippen LogP contribution in [0.5, 0.6) is 17.2 Å². The summed E-state index contributed by atoms with van der Waals surface area (Å²) in [5.74, 6) is 1.06. The quantitative estimate of drug-likeness (QED) is 0.378. The number of nitrogens with zero attached hydrogens (tertiary/aromatic N) is 4. The molecule has 0 radical (unpaired) electrons. The first-order chi connectivity index (χ1) is 18.6. The third-order valence-corrected chi connectivity index (χ3v) is 8.83. The van der Waals surface area contributed by atoms with Crippen LogP contribution in [-0.4, -0.2) is 91.3 Å². The molecule has 2 unspecified atom stereocenters. The van der Waals surface area contributed by atoms with Crippen LogP contribution in [0.4, 0.5) is 0 Å². The molecule has 2 amide bonds. The van der Waals surface area contributed by atoms with Crippen LogP contribution < -0.4 is 19.8 Å². The summed E-state index contributed by atoms with van der Waals surface area (Å²) in [6, 6.07) is 8.98. The molecule has 0 saturated carbocycles. The van der Waals surface area contributed by atoms with Crippen LogP contribution in [0.1, 0.15) is 23.6 Å². The third-order valence-electron chi connectivity index (χ3n) is 8.28. The lowest BCUT2D eigenvalue weighted by molar-refractivity contribution is -0.157. The molecule has 39 heavy (non-hydrogen) atoms. The van der Waals surface area contributed by atoms with E-state index in [-0.39, 0.29) is 47.3 Å². The smallest absolute Gasteiger partial charge is 0.250 e. The number of benzene rings is 1. The Balaban J connectivity index is 1.54. The summed E-state index contributed by atoms with van der Waals surface area (Å²) in [6.45, 7) is 2.19. The topological polar surface area (TPSA) is 93.6 Å². The largest absolute Gasteiger partial charge is 0.493 e. The van der Waals surface area contributed by atoms with E-state index >= 15 is 0 Å². The second-order valence-corrected chi connectivity index (χ2v) is 11.1. The predicted molar refractivity (Wildman–Crippen MR) is 148 cm³/mol. The molecule has 1 aromatic carbocycles. The molecule has 1 aromatic heterocycles. The van der Waals surface area contributed by atoms with Crippen molar-refractivity contribution in [2.45, 2.75) is 25.3 Å². The SMILES string of the molecule is COc1cc(CC2(CN3CC4CC(C3)c3cccc(=O)n3C4)C(=O)N(C)C(=S)N(C)C2=O)cc(OC)c1OC. The summed E-state index contributed by atoms with van der Waals surface area (Å²) in [5.41, 5.74) is 0.316. The monoisotopic (exact) mass is 554 g/mol. The van der Waals surface area contributed by atoms with Crippen molar-refractivity contribution < 1.29 is 23.8 Å². The number of aromatic nitrogens is 1. The van der Waals surface area contributed by atoms with E-state index in [1.54, 1.807) is 38.4 Å². The molecule has 2 fully saturated rings. The maximum Gasteiger partial charge on any atom is 0.250 e. The standard InChI is InChI=1S/C28H34N4O6S/c1-29-25(34)28(26(35)30(2)27(29)39,12-17-10-21(36-3)24(38-5)22(11-17)37-4)16-31-13-18-9-19(15-31)20-7-6-8-23(33)32(20)14-18/h6-8,10-11,18-19H,9,12-16H2,1-5H3. The van der Waals surface area contributed by atoms with E-state index in [1.165, 1.54) is 31.1 Å². The molecule has 3 aliphatic heterocycles. The zero-order valence-corrected chi connectivity index (χ0v) is 23.7. The van der Waals surface area contributed by atoms with E-state index < -0.39 is 5.41 Å². The molecule has 2 saturated heterocycles. The van der Waals surface area contributed by atoms with Gasteiger partial charge >= 0.3 is 0 Å². The number of fused-ring (bicyclic) bond motifs is 4. The second kappa shape index (κ2) is 10.3. The number of methoxy groups -OCH3 is 3. The first-order valence-electron chi connectivity index (χ1n) is 12.9. The van der Waals surface area contributed by atoms with E-state index in [2.05, 4.69) is 4.90 Å². The van der Waals surface area contributed by atoms with Crippen LogP contribution in [0.3, 0.4) is 0 Å². The highest BCUT2D eigenvalue weighted by atomic mass is 32.1. The van der Waals surface area contributed by atoms with Gasteiger partial charge in [0.25, 0.3) is 5.56 Å². The maximum atomic E-state index is 14.0. The zero-order valence-electron chi connectivity index (χ0n) is 22.9. The lowest BCUT2D eigenvalue weighted by Crippen LogP contribution is -2.67. The van der Waals surface area contributed by atoms with Gasteiger partial charge in [-0.25, -0.2) is 0 Å². The van der Waals surface area contributed by atoms with Crippen molar-refractivity contribution in [2.24, 2.45) is 11.3 Å². The molecular formula is C28H34N4O6S. The van der Waals surface area contributed by atoms with Gasteiger partial charge in [0, 0.05) is 58.0 Å². The van der Waals surface area contributed by atoms with Gasteiger partial charge in [-0.15, -0.1) is 0 Å².